The lowest BCUT2D eigenvalue weighted by Gasteiger charge is -2.07. The lowest BCUT2D eigenvalue weighted by atomic mass is 10.2. The molecule has 0 spiro atoms. The van der Waals surface area contributed by atoms with Crippen molar-refractivity contribution in [3.63, 3.8) is 0 Å². The summed E-state index contributed by atoms with van der Waals surface area (Å²) in [5.74, 6) is 0.704. The molecule has 0 aliphatic rings. The van der Waals surface area contributed by atoms with Crippen molar-refractivity contribution in [1.82, 2.24) is 9.78 Å². The maximum atomic E-state index is 6.05. The first-order valence-corrected chi connectivity index (χ1v) is 5.82. The number of nitrogens with zero attached hydrogens (tertiary/aromatic N) is 2. The van der Waals surface area contributed by atoms with Crippen molar-refractivity contribution in [2.24, 2.45) is 7.05 Å². The van der Waals surface area contributed by atoms with Crippen LogP contribution in [0.1, 0.15) is 17.0 Å². The first-order valence-electron chi connectivity index (χ1n) is 5.45. The van der Waals surface area contributed by atoms with Crippen molar-refractivity contribution < 1.29 is 4.74 Å². The maximum absolute atomic E-state index is 6.05. The van der Waals surface area contributed by atoms with Gasteiger partial charge in [-0.2, -0.15) is 5.10 Å². The van der Waals surface area contributed by atoms with Gasteiger partial charge < -0.3 is 4.74 Å². The molecule has 3 nitrogen and oxygen atoms in total. The van der Waals surface area contributed by atoms with E-state index in [2.05, 4.69) is 5.10 Å². The highest BCUT2D eigenvalue weighted by Crippen LogP contribution is 2.25. The van der Waals surface area contributed by atoms with E-state index >= 15 is 0 Å². The average Bonchev–Trinajstić information content (AvgIpc) is 2.60. The van der Waals surface area contributed by atoms with Gasteiger partial charge in [0.2, 0.25) is 0 Å². The van der Waals surface area contributed by atoms with Gasteiger partial charge in [0, 0.05) is 12.7 Å². The number of hydrogen-bond acceptors (Lipinski definition) is 2. The molecule has 0 fully saturated rings. The summed E-state index contributed by atoms with van der Waals surface area (Å²) in [5, 5.41) is 4.95. The Morgan fingerprint density at radius 1 is 1.29 bits per heavy atom. The van der Waals surface area contributed by atoms with Crippen molar-refractivity contribution in [1.29, 1.82) is 0 Å². The second-order valence-corrected chi connectivity index (χ2v) is 4.53. The number of halogens is 1. The Labute approximate surface area is 106 Å². The smallest absolute Gasteiger partial charge is 0.138 e. The van der Waals surface area contributed by atoms with Gasteiger partial charge in [-0.05, 0) is 37.6 Å². The molecule has 90 valence electrons. The van der Waals surface area contributed by atoms with E-state index in [9.17, 15) is 0 Å². The molecule has 2 rings (SSSR count). The molecule has 1 heterocycles. The summed E-state index contributed by atoms with van der Waals surface area (Å²) in [6.07, 6.45) is 0. The van der Waals surface area contributed by atoms with Crippen LogP contribution in [0.3, 0.4) is 0 Å². The molecule has 0 unspecified atom stereocenters. The number of ether oxygens (including phenoxy) is 1. The summed E-state index contributed by atoms with van der Waals surface area (Å²) in [6.45, 7) is 4.45. The molecule has 4 heteroatoms. The molecule has 0 N–H and O–H groups in total. The van der Waals surface area contributed by atoms with Crippen LogP contribution < -0.4 is 4.74 Å². The summed E-state index contributed by atoms with van der Waals surface area (Å²) in [6, 6.07) is 7.73. The highest BCUT2D eigenvalue weighted by atomic mass is 35.5. The minimum atomic E-state index is 0.435. The Morgan fingerprint density at radius 3 is 2.71 bits per heavy atom. The van der Waals surface area contributed by atoms with Gasteiger partial charge in [0.05, 0.1) is 5.02 Å². The lowest BCUT2D eigenvalue weighted by molar-refractivity contribution is 0.300. The standard InChI is InChI=1S/C13H15ClN2O/c1-9-4-5-12(14)13(6-9)17-8-11-7-10(2)16(3)15-11/h4-7H,8H2,1-3H3. The Hall–Kier alpha value is -1.48. The van der Waals surface area contributed by atoms with Crippen LogP contribution in [0.25, 0.3) is 0 Å². The summed E-state index contributed by atoms with van der Waals surface area (Å²) < 4.78 is 7.49. The van der Waals surface area contributed by atoms with Gasteiger partial charge in [-0.15, -0.1) is 0 Å². The zero-order valence-electron chi connectivity index (χ0n) is 10.2. The molecule has 17 heavy (non-hydrogen) atoms. The second-order valence-electron chi connectivity index (χ2n) is 4.12. The number of aryl methyl sites for hydroxylation is 3. The second kappa shape index (κ2) is 4.80. The predicted molar refractivity (Wildman–Crippen MR) is 68.5 cm³/mol. The van der Waals surface area contributed by atoms with Crippen LogP contribution in [0.5, 0.6) is 5.75 Å². The van der Waals surface area contributed by atoms with Crippen LogP contribution >= 0.6 is 11.6 Å². The zero-order valence-corrected chi connectivity index (χ0v) is 11.0. The van der Waals surface area contributed by atoms with Crippen molar-refractivity contribution in [3.8, 4) is 5.75 Å². The summed E-state index contributed by atoms with van der Waals surface area (Å²) >= 11 is 6.05. The molecule has 1 aromatic heterocycles. The topological polar surface area (TPSA) is 27.1 Å². The van der Waals surface area contributed by atoms with Crippen LogP contribution in [0.4, 0.5) is 0 Å². The minimum absolute atomic E-state index is 0.435. The fourth-order valence-electron chi connectivity index (χ4n) is 1.58. The molecule has 0 saturated heterocycles. The number of benzene rings is 1. The van der Waals surface area contributed by atoms with E-state index in [0.717, 1.165) is 17.0 Å². The third-order valence-electron chi connectivity index (χ3n) is 2.63. The first-order chi connectivity index (χ1) is 8.06. The Balaban J connectivity index is 2.09. The van der Waals surface area contributed by atoms with E-state index < -0.39 is 0 Å². The van der Waals surface area contributed by atoms with Gasteiger partial charge in [0.15, 0.2) is 0 Å². The molecule has 0 saturated carbocycles. The lowest BCUT2D eigenvalue weighted by Crippen LogP contribution is -1.99. The number of rotatable bonds is 3. The van der Waals surface area contributed by atoms with E-state index in [0.29, 0.717) is 17.4 Å². The van der Waals surface area contributed by atoms with Crippen LogP contribution in [-0.4, -0.2) is 9.78 Å². The SMILES string of the molecule is Cc1ccc(Cl)c(OCc2cc(C)n(C)n2)c1. The van der Waals surface area contributed by atoms with Crippen LogP contribution in [0.2, 0.25) is 5.02 Å². The average molecular weight is 251 g/mol. The highest BCUT2D eigenvalue weighted by Gasteiger charge is 2.05. The quantitative estimate of drug-likeness (QED) is 0.836. The molecule has 0 aliphatic carbocycles. The van der Waals surface area contributed by atoms with Gasteiger partial charge in [-0.1, -0.05) is 17.7 Å². The van der Waals surface area contributed by atoms with Gasteiger partial charge in [-0.3, -0.25) is 4.68 Å². The van der Waals surface area contributed by atoms with Crippen molar-refractivity contribution >= 4 is 11.6 Å². The minimum Gasteiger partial charge on any atom is -0.486 e. The van der Waals surface area contributed by atoms with E-state index in [1.165, 1.54) is 0 Å². The fraction of sp³-hybridized carbons (Fsp3) is 0.308. The predicted octanol–water partition coefficient (Wildman–Crippen LogP) is 3.27. The van der Waals surface area contributed by atoms with Gasteiger partial charge in [-0.25, -0.2) is 0 Å². The van der Waals surface area contributed by atoms with Gasteiger partial charge >= 0.3 is 0 Å². The zero-order chi connectivity index (χ0) is 12.4. The summed E-state index contributed by atoms with van der Waals surface area (Å²) in [5.41, 5.74) is 3.14. The molecular formula is C13H15ClN2O. The fourth-order valence-corrected chi connectivity index (χ4v) is 1.75. The van der Waals surface area contributed by atoms with E-state index in [4.69, 9.17) is 16.3 Å². The molecule has 0 bridgehead atoms. The Kier molecular flexibility index (Phi) is 3.38. The molecule has 0 radical (unpaired) electrons. The molecule has 1 aromatic carbocycles. The van der Waals surface area contributed by atoms with E-state index in [1.54, 1.807) is 0 Å². The largest absolute Gasteiger partial charge is 0.486 e. The van der Waals surface area contributed by atoms with E-state index in [1.807, 2.05) is 49.8 Å². The third-order valence-corrected chi connectivity index (χ3v) is 2.94. The Morgan fingerprint density at radius 2 is 2.06 bits per heavy atom. The monoisotopic (exact) mass is 250 g/mol. The first kappa shape index (κ1) is 12.0. The summed E-state index contributed by atoms with van der Waals surface area (Å²) in [4.78, 5) is 0. The maximum Gasteiger partial charge on any atom is 0.138 e. The third kappa shape index (κ3) is 2.80. The van der Waals surface area contributed by atoms with Gasteiger partial charge in [0.1, 0.15) is 18.1 Å². The van der Waals surface area contributed by atoms with Crippen molar-refractivity contribution in [3.05, 3.63) is 46.2 Å². The molecule has 0 aliphatic heterocycles. The molecule has 0 atom stereocenters. The summed E-state index contributed by atoms with van der Waals surface area (Å²) in [7, 11) is 1.92. The normalized spacial score (nSPS) is 10.6. The molecular weight excluding hydrogens is 236 g/mol. The van der Waals surface area contributed by atoms with Crippen LogP contribution in [0.15, 0.2) is 24.3 Å². The van der Waals surface area contributed by atoms with Crippen molar-refractivity contribution in [2.45, 2.75) is 20.5 Å². The number of aromatic nitrogens is 2. The number of hydrogen-bond donors (Lipinski definition) is 0. The Bertz CT molecular complexity index is 515. The molecule has 2 aromatic rings. The van der Waals surface area contributed by atoms with E-state index in [-0.39, 0.29) is 0 Å². The van der Waals surface area contributed by atoms with Crippen LogP contribution in [-0.2, 0) is 13.7 Å². The van der Waals surface area contributed by atoms with Gasteiger partial charge in [0.25, 0.3) is 0 Å². The highest BCUT2D eigenvalue weighted by molar-refractivity contribution is 6.32. The van der Waals surface area contributed by atoms with Crippen molar-refractivity contribution in [2.75, 3.05) is 0 Å². The van der Waals surface area contributed by atoms with Crippen LogP contribution in [0, 0.1) is 13.8 Å². The molecule has 0 amide bonds.